The molecule has 1 aromatic rings. The van der Waals surface area contributed by atoms with E-state index < -0.39 is 22.4 Å². The number of non-ortho nitro benzene ring substituents is 1. The molecule has 0 bridgehead atoms. The molecule has 7 heteroatoms. The van der Waals surface area contributed by atoms with Crippen LogP contribution in [0.3, 0.4) is 0 Å². The van der Waals surface area contributed by atoms with Crippen LogP contribution in [-0.4, -0.2) is 17.6 Å². The highest BCUT2D eigenvalue weighted by molar-refractivity contribution is 5.41. The van der Waals surface area contributed by atoms with Crippen LogP contribution >= 0.6 is 0 Å². The van der Waals surface area contributed by atoms with E-state index in [0.29, 0.717) is 12.7 Å². The largest absolute Gasteiger partial charge is 0.416 e. The molecule has 1 aromatic carbocycles. The molecule has 0 aliphatic carbocycles. The first-order valence-electron chi connectivity index (χ1n) is 4.83. The molecule has 0 spiro atoms. The normalized spacial score (nSPS) is 19.1. The third kappa shape index (κ3) is 2.94. The molecule has 0 amide bonds. The van der Waals surface area contributed by atoms with Gasteiger partial charge in [-0.2, -0.15) is 13.2 Å². The van der Waals surface area contributed by atoms with Crippen molar-refractivity contribution in [3.63, 3.8) is 0 Å². The van der Waals surface area contributed by atoms with Gasteiger partial charge in [0.2, 0.25) is 0 Å². The lowest BCUT2D eigenvalue weighted by molar-refractivity contribution is -0.385. The monoisotopic (exact) mass is 247 g/mol. The van der Waals surface area contributed by atoms with Gasteiger partial charge in [-0.1, -0.05) is 0 Å². The highest BCUT2D eigenvalue weighted by Crippen LogP contribution is 2.33. The van der Waals surface area contributed by atoms with Crippen molar-refractivity contribution in [2.45, 2.75) is 18.7 Å². The maximum atomic E-state index is 12.5. The SMILES string of the molecule is O=[N+]([O-])c1cc(CC2CO2)cc(C(F)(F)F)c1. The summed E-state index contributed by atoms with van der Waals surface area (Å²) in [6.45, 7) is 0.490. The maximum Gasteiger partial charge on any atom is 0.416 e. The van der Waals surface area contributed by atoms with Gasteiger partial charge in [-0.3, -0.25) is 10.1 Å². The second-order valence-corrected chi connectivity index (χ2v) is 3.80. The van der Waals surface area contributed by atoms with E-state index in [2.05, 4.69) is 0 Å². The van der Waals surface area contributed by atoms with Gasteiger partial charge >= 0.3 is 6.18 Å². The maximum absolute atomic E-state index is 12.5. The van der Waals surface area contributed by atoms with E-state index in [1.54, 1.807) is 0 Å². The number of rotatable bonds is 3. The number of nitrogens with zero attached hydrogens (tertiary/aromatic N) is 1. The van der Waals surface area contributed by atoms with Gasteiger partial charge in [-0.25, -0.2) is 0 Å². The molecule has 1 unspecified atom stereocenters. The van der Waals surface area contributed by atoms with Crippen molar-refractivity contribution in [2.24, 2.45) is 0 Å². The van der Waals surface area contributed by atoms with Gasteiger partial charge in [0, 0.05) is 18.6 Å². The molecule has 0 N–H and O–H groups in total. The van der Waals surface area contributed by atoms with E-state index in [4.69, 9.17) is 4.74 Å². The first kappa shape index (κ1) is 11.8. The van der Waals surface area contributed by atoms with Crippen molar-refractivity contribution in [1.29, 1.82) is 0 Å². The lowest BCUT2D eigenvalue weighted by atomic mass is 10.0. The summed E-state index contributed by atoms with van der Waals surface area (Å²) in [6, 6.07) is 2.61. The van der Waals surface area contributed by atoms with Crippen LogP contribution in [0.2, 0.25) is 0 Å². The average molecular weight is 247 g/mol. The summed E-state index contributed by atoms with van der Waals surface area (Å²) < 4.78 is 42.4. The number of epoxide rings is 1. The van der Waals surface area contributed by atoms with Gasteiger partial charge in [0.25, 0.3) is 5.69 Å². The predicted octanol–water partition coefficient (Wildman–Crippen LogP) is 2.55. The van der Waals surface area contributed by atoms with Crippen molar-refractivity contribution < 1.29 is 22.8 Å². The van der Waals surface area contributed by atoms with E-state index in [1.807, 2.05) is 0 Å². The summed E-state index contributed by atoms with van der Waals surface area (Å²) in [7, 11) is 0. The smallest absolute Gasteiger partial charge is 0.373 e. The molecule has 17 heavy (non-hydrogen) atoms. The molecular weight excluding hydrogens is 239 g/mol. The molecule has 1 atom stereocenters. The molecule has 1 heterocycles. The lowest BCUT2D eigenvalue weighted by Crippen LogP contribution is -2.07. The van der Waals surface area contributed by atoms with Crippen LogP contribution in [-0.2, 0) is 17.3 Å². The molecular formula is C10H8F3NO3. The molecule has 1 fully saturated rings. The van der Waals surface area contributed by atoms with E-state index in [0.717, 1.165) is 12.1 Å². The summed E-state index contributed by atoms with van der Waals surface area (Å²) in [6.07, 6.45) is -4.42. The Morgan fingerprint density at radius 2 is 2.06 bits per heavy atom. The van der Waals surface area contributed by atoms with Crippen molar-refractivity contribution >= 4 is 5.69 Å². The Morgan fingerprint density at radius 1 is 1.41 bits per heavy atom. The lowest BCUT2D eigenvalue weighted by Gasteiger charge is -2.08. The third-order valence-corrected chi connectivity index (χ3v) is 2.38. The molecule has 92 valence electrons. The fraction of sp³-hybridized carbons (Fsp3) is 0.400. The Bertz CT molecular complexity index is 455. The van der Waals surface area contributed by atoms with E-state index in [-0.39, 0.29) is 18.1 Å². The fourth-order valence-electron chi connectivity index (χ4n) is 1.51. The van der Waals surface area contributed by atoms with Crippen molar-refractivity contribution in [1.82, 2.24) is 0 Å². The van der Waals surface area contributed by atoms with E-state index in [1.165, 1.54) is 0 Å². The predicted molar refractivity (Wildman–Crippen MR) is 51.5 cm³/mol. The van der Waals surface area contributed by atoms with Crippen LogP contribution < -0.4 is 0 Å². The first-order chi connectivity index (χ1) is 7.86. The Morgan fingerprint density at radius 3 is 2.53 bits per heavy atom. The van der Waals surface area contributed by atoms with Gasteiger partial charge in [0.15, 0.2) is 0 Å². The van der Waals surface area contributed by atoms with Gasteiger partial charge in [-0.15, -0.1) is 0 Å². The number of hydrogen-bond donors (Lipinski definition) is 0. The topological polar surface area (TPSA) is 55.7 Å². The number of nitro benzene ring substituents is 1. The van der Waals surface area contributed by atoms with Gasteiger partial charge < -0.3 is 4.74 Å². The van der Waals surface area contributed by atoms with Crippen molar-refractivity contribution in [2.75, 3.05) is 6.61 Å². The Balaban J connectivity index is 2.37. The number of alkyl halides is 3. The Hall–Kier alpha value is -1.63. The zero-order chi connectivity index (χ0) is 12.6. The molecule has 1 aliphatic rings. The van der Waals surface area contributed by atoms with Crippen LogP contribution in [0.1, 0.15) is 11.1 Å². The second-order valence-electron chi connectivity index (χ2n) is 3.80. The molecule has 1 aliphatic heterocycles. The van der Waals surface area contributed by atoms with E-state index in [9.17, 15) is 23.3 Å². The zero-order valence-corrected chi connectivity index (χ0v) is 8.53. The zero-order valence-electron chi connectivity index (χ0n) is 8.53. The standard InChI is InChI=1S/C10H8F3NO3/c11-10(12,13)7-1-6(3-9-5-17-9)2-8(4-7)14(15)16/h1-2,4,9H,3,5H2. The number of halogens is 3. The second kappa shape index (κ2) is 3.99. The Labute approximate surface area is 94.1 Å². The van der Waals surface area contributed by atoms with Gasteiger partial charge in [-0.05, 0) is 11.6 Å². The van der Waals surface area contributed by atoms with Crippen LogP contribution in [0.4, 0.5) is 18.9 Å². The van der Waals surface area contributed by atoms with Crippen LogP contribution in [0, 0.1) is 10.1 Å². The minimum atomic E-state index is -4.58. The van der Waals surface area contributed by atoms with Crippen LogP contribution in [0.15, 0.2) is 18.2 Å². The van der Waals surface area contributed by atoms with Crippen LogP contribution in [0.25, 0.3) is 0 Å². The first-order valence-corrected chi connectivity index (χ1v) is 4.83. The summed E-state index contributed by atoms with van der Waals surface area (Å²) in [5.74, 6) is 0. The number of hydrogen-bond acceptors (Lipinski definition) is 3. The molecule has 0 radical (unpaired) electrons. The van der Waals surface area contributed by atoms with Crippen molar-refractivity contribution in [3.8, 4) is 0 Å². The van der Waals surface area contributed by atoms with Crippen LogP contribution in [0.5, 0.6) is 0 Å². The highest BCUT2D eigenvalue weighted by Gasteiger charge is 2.33. The Kier molecular flexibility index (Phi) is 2.78. The highest BCUT2D eigenvalue weighted by atomic mass is 19.4. The molecule has 1 saturated heterocycles. The minimum Gasteiger partial charge on any atom is -0.373 e. The fourth-order valence-corrected chi connectivity index (χ4v) is 1.51. The van der Waals surface area contributed by atoms with Crippen molar-refractivity contribution in [3.05, 3.63) is 39.4 Å². The molecule has 4 nitrogen and oxygen atoms in total. The molecule has 2 rings (SSSR count). The third-order valence-electron chi connectivity index (χ3n) is 2.38. The quantitative estimate of drug-likeness (QED) is 0.468. The van der Waals surface area contributed by atoms with E-state index >= 15 is 0 Å². The summed E-state index contributed by atoms with van der Waals surface area (Å²) in [5, 5.41) is 10.5. The minimum absolute atomic E-state index is 0.113. The molecule has 0 aromatic heterocycles. The number of nitro groups is 1. The summed E-state index contributed by atoms with van der Waals surface area (Å²) in [5.41, 5.74) is -1.27. The molecule has 0 saturated carbocycles. The number of benzene rings is 1. The number of ether oxygens (including phenoxy) is 1. The average Bonchev–Trinajstić information content (AvgIpc) is 2.99. The van der Waals surface area contributed by atoms with Gasteiger partial charge in [0.05, 0.1) is 23.2 Å². The van der Waals surface area contributed by atoms with Gasteiger partial charge in [0.1, 0.15) is 0 Å². The summed E-state index contributed by atoms with van der Waals surface area (Å²) >= 11 is 0. The summed E-state index contributed by atoms with van der Waals surface area (Å²) in [4.78, 5) is 9.71.